The maximum atomic E-state index is 6.15. The van der Waals surface area contributed by atoms with E-state index in [1.807, 2.05) is 33.0 Å². The van der Waals surface area contributed by atoms with Crippen LogP contribution in [0.2, 0.25) is 5.02 Å². The third-order valence-electron chi connectivity index (χ3n) is 2.58. The van der Waals surface area contributed by atoms with Gasteiger partial charge in [0.1, 0.15) is 0 Å². The molecule has 0 aliphatic rings. The average molecular weight is 223 g/mol. The summed E-state index contributed by atoms with van der Waals surface area (Å²) in [5, 5.41) is 1.87. The fraction of sp³-hybridized carbons (Fsp3) is 0.333. The van der Waals surface area contributed by atoms with Gasteiger partial charge in [-0.25, -0.2) is 0 Å². The van der Waals surface area contributed by atoms with Gasteiger partial charge in [0.25, 0.3) is 0 Å². The molecular formula is C12H15ClN2. The van der Waals surface area contributed by atoms with Crippen molar-refractivity contribution in [2.24, 2.45) is 5.73 Å². The third-order valence-corrected chi connectivity index (χ3v) is 2.88. The number of rotatable bonds is 1. The van der Waals surface area contributed by atoms with Crippen molar-refractivity contribution in [1.29, 1.82) is 0 Å². The summed E-state index contributed by atoms with van der Waals surface area (Å²) in [7, 11) is 0. The molecule has 1 aromatic carbocycles. The lowest BCUT2D eigenvalue weighted by Crippen LogP contribution is -2.28. The second-order valence-corrected chi connectivity index (χ2v) is 5.00. The molecule has 0 spiro atoms. The molecule has 1 heterocycles. The van der Waals surface area contributed by atoms with Crippen LogP contribution in [0.1, 0.15) is 25.0 Å². The number of H-pyrrole nitrogens is 1. The Labute approximate surface area is 94.4 Å². The van der Waals surface area contributed by atoms with Gasteiger partial charge in [0.05, 0.1) is 10.5 Å². The fourth-order valence-electron chi connectivity index (χ4n) is 1.86. The van der Waals surface area contributed by atoms with E-state index in [9.17, 15) is 0 Å². The number of hydrogen-bond donors (Lipinski definition) is 2. The van der Waals surface area contributed by atoms with Gasteiger partial charge in [-0.3, -0.25) is 0 Å². The quantitative estimate of drug-likeness (QED) is 0.764. The van der Waals surface area contributed by atoms with Gasteiger partial charge in [0, 0.05) is 17.1 Å². The number of aryl methyl sites for hydroxylation is 1. The van der Waals surface area contributed by atoms with Crippen LogP contribution in [0.3, 0.4) is 0 Å². The van der Waals surface area contributed by atoms with E-state index < -0.39 is 0 Å². The summed E-state index contributed by atoms with van der Waals surface area (Å²) in [6.45, 7) is 6.02. The lowest BCUT2D eigenvalue weighted by atomic mass is 9.95. The summed E-state index contributed by atoms with van der Waals surface area (Å²) in [6.07, 6.45) is 1.94. The number of benzene rings is 1. The smallest absolute Gasteiger partial charge is 0.0649 e. The lowest BCUT2D eigenvalue weighted by molar-refractivity contribution is 0.559. The van der Waals surface area contributed by atoms with Crippen molar-refractivity contribution in [3.05, 3.63) is 34.5 Å². The first kappa shape index (κ1) is 10.5. The lowest BCUT2D eigenvalue weighted by Gasteiger charge is -2.17. The Bertz CT molecular complexity index is 506. The highest BCUT2D eigenvalue weighted by atomic mass is 35.5. The van der Waals surface area contributed by atoms with E-state index in [0.717, 1.165) is 27.1 Å². The topological polar surface area (TPSA) is 41.8 Å². The number of hydrogen-bond acceptors (Lipinski definition) is 1. The van der Waals surface area contributed by atoms with Gasteiger partial charge >= 0.3 is 0 Å². The molecule has 0 amide bonds. The Hall–Kier alpha value is -0.990. The first-order valence-electron chi connectivity index (χ1n) is 4.96. The van der Waals surface area contributed by atoms with E-state index in [1.54, 1.807) is 0 Å². The van der Waals surface area contributed by atoms with Crippen LogP contribution in [-0.4, -0.2) is 4.98 Å². The molecule has 0 fully saturated rings. The zero-order chi connectivity index (χ0) is 11.2. The maximum absolute atomic E-state index is 6.15. The Morgan fingerprint density at radius 2 is 2.00 bits per heavy atom. The van der Waals surface area contributed by atoms with E-state index in [-0.39, 0.29) is 5.54 Å². The predicted molar refractivity (Wildman–Crippen MR) is 65.3 cm³/mol. The highest BCUT2D eigenvalue weighted by Crippen LogP contribution is 2.31. The molecule has 2 rings (SSSR count). The molecular weight excluding hydrogens is 208 g/mol. The maximum Gasteiger partial charge on any atom is 0.0649 e. The van der Waals surface area contributed by atoms with Crippen molar-refractivity contribution in [3.63, 3.8) is 0 Å². The monoisotopic (exact) mass is 222 g/mol. The molecule has 0 saturated heterocycles. The van der Waals surface area contributed by atoms with Gasteiger partial charge in [-0.05, 0) is 44.0 Å². The van der Waals surface area contributed by atoms with E-state index in [1.165, 1.54) is 0 Å². The van der Waals surface area contributed by atoms with Crippen LogP contribution in [0, 0.1) is 6.92 Å². The number of fused-ring (bicyclic) bond motifs is 1. The highest BCUT2D eigenvalue weighted by molar-refractivity contribution is 6.35. The minimum atomic E-state index is -0.352. The summed E-state index contributed by atoms with van der Waals surface area (Å²) in [5.74, 6) is 0. The Morgan fingerprint density at radius 3 is 2.60 bits per heavy atom. The number of aromatic nitrogens is 1. The molecule has 80 valence electrons. The van der Waals surface area contributed by atoms with Crippen LogP contribution in [0.15, 0.2) is 18.3 Å². The van der Waals surface area contributed by atoms with Gasteiger partial charge in [0.2, 0.25) is 0 Å². The van der Waals surface area contributed by atoms with E-state index in [2.05, 4.69) is 11.1 Å². The molecule has 2 nitrogen and oxygen atoms in total. The van der Waals surface area contributed by atoms with Crippen LogP contribution in [-0.2, 0) is 5.54 Å². The van der Waals surface area contributed by atoms with E-state index in [0.29, 0.717) is 0 Å². The van der Waals surface area contributed by atoms with Gasteiger partial charge in [0.15, 0.2) is 0 Å². The molecule has 1 aromatic heterocycles. The summed E-state index contributed by atoms with van der Waals surface area (Å²) in [6, 6.07) is 4.06. The predicted octanol–water partition coefficient (Wildman–Crippen LogP) is 3.32. The normalized spacial score (nSPS) is 12.3. The molecule has 0 aliphatic heterocycles. The third kappa shape index (κ3) is 1.75. The van der Waals surface area contributed by atoms with Gasteiger partial charge in [-0.15, -0.1) is 0 Å². The van der Waals surface area contributed by atoms with Crippen molar-refractivity contribution < 1.29 is 0 Å². The summed E-state index contributed by atoms with van der Waals surface area (Å²) in [5.41, 5.74) is 8.97. The van der Waals surface area contributed by atoms with E-state index >= 15 is 0 Å². The molecule has 0 saturated carbocycles. The first-order valence-corrected chi connectivity index (χ1v) is 5.34. The minimum Gasteiger partial charge on any atom is -0.360 e. The van der Waals surface area contributed by atoms with Crippen LogP contribution < -0.4 is 5.73 Å². The molecule has 0 bridgehead atoms. The SMILES string of the molecule is Cc1cc(Cl)c2[nH]cc(C(C)(C)N)c2c1. The largest absolute Gasteiger partial charge is 0.360 e. The van der Waals surface area contributed by atoms with Crippen LogP contribution in [0.25, 0.3) is 10.9 Å². The number of nitrogens with one attached hydrogen (secondary N) is 1. The Kier molecular flexibility index (Phi) is 2.28. The molecule has 2 aromatic rings. The van der Waals surface area contributed by atoms with Crippen molar-refractivity contribution in [2.75, 3.05) is 0 Å². The van der Waals surface area contributed by atoms with E-state index in [4.69, 9.17) is 17.3 Å². The molecule has 0 atom stereocenters. The summed E-state index contributed by atoms with van der Waals surface area (Å²) < 4.78 is 0. The summed E-state index contributed by atoms with van der Waals surface area (Å²) >= 11 is 6.15. The first-order chi connectivity index (χ1) is 6.89. The standard InChI is InChI=1S/C12H15ClN2/c1-7-4-8-9(12(2,3)14)6-15-11(8)10(13)5-7/h4-6,15H,14H2,1-3H3. The van der Waals surface area contributed by atoms with Crippen molar-refractivity contribution in [3.8, 4) is 0 Å². The second kappa shape index (κ2) is 3.26. The van der Waals surface area contributed by atoms with Gasteiger partial charge < -0.3 is 10.7 Å². The van der Waals surface area contributed by atoms with Crippen LogP contribution >= 0.6 is 11.6 Å². The molecule has 3 heteroatoms. The van der Waals surface area contributed by atoms with Crippen LogP contribution in [0.4, 0.5) is 0 Å². The van der Waals surface area contributed by atoms with Crippen molar-refractivity contribution in [1.82, 2.24) is 4.98 Å². The zero-order valence-electron chi connectivity index (χ0n) is 9.19. The second-order valence-electron chi connectivity index (χ2n) is 4.59. The average Bonchev–Trinajstić information content (AvgIpc) is 2.45. The molecule has 0 aliphatic carbocycles. The molecule has 0 radical (unpaired) electrons. The van der Waals surface area contributed by atoms with Crippen LogP contribution in [0.5, 0.6) is 0 Å². The number of aromatic amines is 1. The Balaban J connectivity index is 2.80. The number of nitrogens with two attached hydrogens (primary N) is 1. The summed E-state index contributed by atoms with van der Waals surface area (Å²) in [4.78, 5) is 3.18. The minimum absolute atomic E-state index is 0.352. The number of halogens is 1. The molecule has 15 heavy (non-hydrogen) atoms. The molecule has 0 unspecified atom stereocenters. The van der Waals surface area contributed by atoms with Gasteiger partial charge in [-0.1, -0.05) is 11.6 Å². The van der Waals surface area contributed by atoms with Crippen molar-refractivity contribution >= 4 is 22.5 Å². The highest BCUT2D eigenvalue weighted by Gasteiger charge is 2.19. The Morgan fingerprint density at radius 1 is 1.33 bits per heavy atom. The van der Waals surface area contributed by atoms with Gasteiger partial charge in [-0.2, -0.15) is 0 Å². The van der Waals surface area contributed by atoms with Crippen molar-refractivity contribution in [2.45, 2.75) is 26.3 Å². The molecule has 3 N–H and O–H groups in total. The fourth-order valence-corrected chi connectivity index (χ4v) is 2.18. The zero-order valence-corrected chi connectivity index (χ0v) is 9.94.